The van der Waals surface area contributed by atoms with Gasteiger partial charge in [0.05, 0.1) is 6.42 Å². The minimum absolute atomic E-state index is 0.0989. The van der Waals surface area contributed by atoms with Gasteiger partial charge in [-0.3, -0.25) is 4.79 Å². The molecular weight excluding hydrogens is 297 g/mol. The highest BCUT2D eigenvalue weighted by atomic mass is 32.1. The number of aryl methyl sites for hydroxylation is 1. The van der Waals surface area contributed by atoms with Crippen LogP contribution in [0.25, 0.3) is 0 Å². The molecule has 0 saturated carbocycles. The molecule has 4 nitrogen and oxygen atoms in total. The fourth-order valence-corrected chi connectivity index (χ4v) is 2.25. The van der Waals surface area contributed by atoms with E-state index in [0.717, 1.165) is 5.38 Å². The number of carboxylic acid groups (broad SMARTS) is 1. The van der Waals surface area contributed by atoms with Crippen molar-refractivity contribution in [3.63, 3.8) is 0 Å². The van der Waals surface area contributed by atoms with E-state index in [-0.39, 0.29) is 5.69 Å². The van der Waals surface area contributed by atoms with Crippen LogP contribution in [0.4, 0.5) is 22.0 Å². The summed E-state index contributed by atoms with van der Waals surface area (Å²) in [6, 6.07) is 0. The Balaban J connectivity index is 3.40. The standard InChI is InChI=1S/C9H8F5NO3S/c1-4-3-19-6(15-4)7(18,2-5(16)17)8(10,11)9(12,13)14/h3,18H,2H2,1H3,(H,16,17)/t7-/m0/s1. The van der Waals surface area contributed by atoms with E-state index in [2.05, 4.69) is 4.98 Å². The zero-order valence-electron chi connectivity index (χ0n) is 9.33. The van der Waals surface area contributed by atoms with Crippen molar-refractivity contribution in [2.45, 2.75) is 31.0 Å². The van der Waals surface area contributed by atoms with E-state index in [0.29, 0.717) is 11.3 Å². The van der Waals surface area contributed by atoms with Crippen molar-refractivity contribution in [3.05, 3.63) is 16.1 Å². The average Bonchev–Trinajstić information content (AvgIpc) is 2.62. The molecule has 108 valence electrons. The van der Waals surface area contributed by atoms with E-state index in [1.54, 1.807) is 0 Å². The number of thiazole rings is 1. The van der Waals surface area contributed by atoms with Gasteiger partial charge in [0.1, 0.15) is 5.01 Å². The SMILES string of the molecule is Cc1csc([C@@](O)(CC(=O)O)C(F)(F)C(F)(F)F)n1. The number of nitrogens with zero attached hydrogens (tertiary/aromatic N) is 1. The van der Waals surface area contributed by atoms with Crippen LogP contribution in [0.15, 0.2) is 5.38 Å². The molecule has 1 atom stereocenters. The maximum Gasteiger partial charge on any atom is 0.456 e. The number of aliphatic carboxylic acids is 1. The van der Waals surface area contributed by atoms with Gasteiger partial charge in [-0.15, -0.1) is 11.3 Å². The lowest BCUT2D eigenvalue weighted by Crippen LogP contribution is -2.55. The number of hydrogen-bond acceptors (Lipinski definition) is 4. The molecule has 0 fully saturated rings. The molecule has 10 heteroatoms. The van der Waals surface area contributed by atoms with E-state index in [4.69, 9.17) is 5.11 Å². The Bertz CT molecular complexity index is 486. The molecular formula is C9H8F5NO3S. The first-order chi connectivity index (χ1) is 8.42. The van der Waals surface area contributed by atoms with Gasteiger partial charge >= 0.3 is 18.1 Å². The second-order valence-electron chi connectivity index (χ2n) is 3.80. The molecule has 0 aliphatic carbocycles. The van der Waals surface area contributed by atoms with Gasteiger partial charge in [0.15, 0.2) is 5.60 Å². The fraction of sp³-hybridized carbons (Fsp3) is 0.556. The molecule has 2 N–H and O–H groups in total. The molecule has 0 spiro atoms. The molecule has 1 heterocycles. The number of aliphatic hydroxyl groups is 1. The van der Waals surface area contributed by atoms with E-state index in [1.165, 1.54) is 6.92 Å². The van der Waals surface area contributed by atoms with Crippen molar-refractivity contribution >= 4 is 17.3 Å². The summed E-state index contributed by atoms with van der Waals surface area (Å²) in [5.41, 5.74) is -3.84. The summed E-state index contributed by atoms with van der Waals surface area (Å²) in [7, 11) is 0. The summed E-state index contributed by atoms with van der Waals surface area (Å²) in [4.78, 5) is 13.8. The molecule has 1 aromatic heterocycles. The van der Waals surface area contributed by atoms with Gasteiger partial charge in [0, 0.05) is 11.1 Å². The predicted molar refractivity (Wildman–Crippen MR) is 54.0 cm³/mol. The van der Waals surface area contributed by atoms with Gasteiger partial charge in [-0.25, -0.2) is 4.98 Å². The Morgan fingerprint density at radius 1 is 1.37 bits per heavy atom. The molecule has 0 bridgehead atoms. The quantitative estimate of drug-likeness (QED) is 0.838. The van der Waals surface area contributed by atoms with Gasteiger partial charge in [0.25, 0.3) is 0 Å². The summed E-state index contributed by atoms with van der Waals surface area (Å²) in [6.07, 6.45) is -7.91. The first kappa shape index (κ1) is 15.8. The van der Waals surface area contributed by atoms with E-state index in [9.17, 15) is 31.9 Å². The predicted octanol–water partition coefficient (Wildman–Crippen LogP) is 2.31. The molecule has 0 aliphatic rings. The molecule has 0 aliphatic heterocycles. The van der Waals surface area contributed by atoms with E-state index in [1.807, 2.05) is 0 Å². The molecule has 19 heavy (non-hydrogen) atoms. The van der Waals surface area contributed by atoms with Crippen LogP contribution in [0.2, 0.25) is 0 Å². The third-order valence-corrected chi connectivity index (χ3v) is 3.37. The van der Waals surface area contributed by atoms with Crippen LogP contribution in [0.5, 0.6) is 0 Å². The first-order valence-corrected chi connectivity index (χ1v) is 5.61. The van der Waals surface area contributed by atoms with Crippen LogP contribution in [-0.4, -0.2) is 33.3 Å². The molecule has 1 aromatic rings. The number of rotatable bonds is 4. The van der Waals surface area contributed by atoms with Crippen molar-refractivity contribution in [2.24, 2.45) is 0 Å². The Kier molecular flexibility index (Phi) is 3.88. The summed E-state index contributed by atoms with van der Waals surface area (Å²) in [5.74, 6) is -7.64. The maximum atomic E-state index is 13.4. The van der Waals surface area contributed by atoms with Crippen molar-refractivity contribution in [1.82, 2.24) is 4.98 Å². The van der Waals surface area contributed by atoms with Crippen LogP contribution >= 0.6 is 11.3 Å². The number of carbonyl (C=O) groups is 1. The normalized spacial score (nSPS) is 16.2. The number of hydrogen-bond donors (Lipinski definition) is 2. The topological polar surface area (TPSA) is 70.4 Å². The van der Waals surface area contributed by atoms with E-state index < -0.39 is 35.1 Å². The Morgan fingerprint density at radius 2 is 1.89 bits per heavy atom. The van der Waals surface area contributed by atoms with Crippen LogP contribution in [0.1, 0.15) is 17.1 Å². The average molecular weight is 305 g/mol. The van der Waals surface area contributed by atoms with Crippen molar-refractivity contribution in [3.8, 4) is 0 Å². The zero-order valence-corrected chi connectivity index (χ0v) is 10.1. The van der Waals surface area contributed by atoms with Gasteiger partial charge in [0.2, 0.25) is 0 Å². The molecule has 0 radical (unpaired) electrons. The van der Waals surface area contributed by atoms with Crippen LogP contribution in [-0.2, 0) is 10.4 Å². The van der Waals surface area contributed by atoms with Crippen LogP contribution in [0, 0.1) is 6.92 Å². The third kappa shape index (κ3) is 2.68. The lowest BCUT2D eigenvalue weighted by Gasteiger charge is -2.34. The summed E-state index contributed by atoms with van der Waals surface area (Å²) >= 11 is 0.337. The zero-order chi connectivity index (χ0) is 15.1. The number of alkyl halides is 5. The Labute approximate surface area is 107 Å². The highest BCUT2D eigenvalue weighted by molar-refractivity contribution is 7.09. The Morgan fingerprint density at radius 3 is 2.21 bits per heavy atom. The third-order valence-electron chi connectivity index (χ3n) is 2.26. The van der Waals surface area contributed by atoms with Gasteiger partial charge < -0.3 is 10.2 Å². The van der Waals surface area contributed by atoms with Crippen molar-refractivity contribution in [1.29, 1.82) is 0 Å². The summed E-state index contributed by atoms with van der Waals surface area (Å²) in [6.45, 7) is 1.31. The number of carboxylic acids is 1. The summed E-state index contributed by atoms with van der Waals surface area (Å²) in [5, 5.41) is 18.2. The highest BCUT2D eigenvalue weighted by Crippen LogP contribution is 2.50. The molecule has 0 aromatic carbocycles. The van der Waals surface area contributed by atoms with Crippen molar-refractivity contribution in [2.75, 3.05) is 0 Å². The minimum Gasteiger partial charge on any atom is -0.481 e. The molecule has 1 rings (SSSR count). The first-order valence-electron chi connectivity index (χ1n) is 4.73. The van der Waals surface area contributed by atoms with Gasteiger partial charge in [-0.05, 0) is 6.92 Å². The lowest BCUT2D eigenvalue weighted by atomic mass is 9.91. The molecule has 0 saturated heterocycles. The maximum absolute atomic E-state index is 13.4. The monoisotopic (exact) mass is 305 g/mol. The number of halogens is 5. The molecule has 0 unspecified atom stereocenters. The smallest absolute Gasteiger partial charge is 0.456 e. The second-order valence-corrected chi connectivity index (χ2v) is 4.66. The minimum atomic E-state index is -6.10. The second kappa shape index (κ2) is 4.67. The largest absolute Gasteiger partial charge is 0.481 e. The summed E-state index contributed by atoms with van der Waals surface area (Å²) < 4.78 is 63.8. The Hall–Kier alpha value is -1.29. The lowest BCUT2D eigenvalue weighted by molar-refractivity contribution is -0.346. The van der Waals surface area contributed by atoms with Crippen LogP contribution in [0.3, 0.4) is 0 Å². The van der Waals surface area contributed by atoms with Gasteiger partial charge in [-0.2, -0.15) is 22.0 Å². The molecule has 0 amide bonds. The van der Waals surface area contributed by atoms with Crippen molar-refractivity contribution < 1.29 is 37.0 Å². The fourth-order valence-electron chi connectivity index (χ4n) is 1.32. The van der Waals surface area contributed by atoms with Gasteiger partial charge in [-0.1, -0.05) is 0 Å². The number of aromatic nitrogens is 1. The van der Waals surface area contributed by atoms with Crippen LogP contribution < -0.4 is 0 Å². The van der Waals surface area contributed by atoms with E-state index >= 15 is 0 Å². The highest BCUT2D eigenvalue weighted by Gasteiger charge is 2.72.